The van der Waals surface area contributed by atoms with Crippen molar-refractivity contribution in [1.82, 2.24) is 4.98 Å². The molecule has 1 aromatic carbocycles. The summed E-state index contributed by atoms with van der Waals surface area (Å²) in [6, 6.07) is 5.25. The Morgan fingerprint density at radius 2 is 2.36 bits per heavy atom. The zero-order valence-electron chi connectivity index (χ0n) is 12.3. The van der Waals surface area contributed by atoms with E-state index in [0.717, 1.165) is 40.6 Å². The Kier molecular flexibility index (Phi) is 4.40. The molecule has 2 heterocycles. The molecule has 0 radical (unpaired) electrons. The number of nitrogens with one attached hydrogen (secondary N) is 1. The highest BCUT2D eigenvalue weighted by atomic mass is 32.1. The van der Waals surface area contributed by atoms with Gasteiger partial charge in [-0.05, 0) is 43.5 Å². The number of carboxylic acid groups (broad SMARTS) is 1. The minimum absolute atomic E-state index is 0.149. The number of carbonyl (C=O) groups is 1. The highest BCUT2D eigenvalue weighted by molar-refractivity contribution is 7.11. The van der Waals surface area contributed by atoms with Gasteiger partial charge in [0, 0.05) is 23.4 Å². The molecule has 1 aliphatic rings. The molecule has 0 spiro atoms. The number of aryl methyl sites for hydroxylation is 1. The van der Waals surface area contributed by atoms with E-state index in [1.165, 1.54) is 0 Å². The van der Waals surface area contributed by atoms with Crippen LogP contribution in [0.3, 0.4) is 0 Å². The van der Waals surface area contributed by atoms with Crippen LogP contribution in [0.4, 0.5) is 5.69 Å². The molecule has 6 heteroatoms. The maximum absolute atomic E-state index is 11.1. The Morgan fingerprint density at radius 1 is 1.50 bits per heavy atom. The Hall–Kier alpha value is -1.92. The lowest BCUT2D eigenvalue weighted by atomic mass is 10.1. The Labute approximate surface area is 133 Å². The van der Waals surface area contributed by atoms with Crippen LogP contribution in [0.5, 0.6) is 0 Å². The molecule has 3 rings (SSSR count). The number of nitrogens with zero attached hydrogens (tertiary/aromatic N) is 1. The number of hydrogen-bond donors (Lipinski definition) is 2. The van der Waals surface area contributed by atoms with E-state index in [9.17, 15) is 4.79 Å². The summed E-state index contributed by atoms with van der Waals surface area (Å²) in [6.45, 7) is 3.34. The average Bonchev–Trinajstić information content (AvgIpc) is 3.15. The van der Waals surface area contributed by atoms with Crippen molar-refractivity contribution in [3.63, 3.8) is 0 Å². The summed E-state index contributed by atoms with van der Waals surface area (Å²) in [6.07, 6.45) is 4.15. The molecule has 2 aromatic rings. The van der Waals surface area contributed by atoms with E-state index in [1.807, 2.05) is 19.2 Å². The Morgan fingerprint density at radius 3 is 3.09 bits per heavy atom. The van der Waals surface area contributed by atoms with Crippen LogP contribution in [0.25, 0.3) is 0 Å². The SMILES string of the molecule is Cc1cc(NCc2cnc(C3CCCO3)s2)cc(C(=O)O)c1. The third kappa shape index (κ3) is 3.45. The summed E-state index contributed by atoms with van der Waals surface area (Å²) < 4.78 is 5.64. The molecule has 1 saturated heterocycles. The monoisotopic (exact) mass is 318 g/mol. The number of benzene rings is 1. The van der Waals surface area contributed by atoms with Crippen molar-refractivity contribution >= 4 is 23.0 Å². The molecule has 116 valence electrons. The van der Waals surface area contributed by atoms with Crippen LogP contribution in [-0.2, 0) is 11.3 Å². The molecule has 0 aliphatic carbocycles. The average molecular weight is 318 g/mol. The maximum Gasteiger partial charge on any atom is 0.335 e. The molecule has 1 atom stereocenters. The fraction of sp³-hybridized carbons (Fsp3) is 0.375. The highest BCUT2D eigenvalue weighted by Gasteiger charge is 2.20. The molecular formula is C16H18N2O3S. The van der Waals surface area contributed by atoms with E-state index in [2.05, 4.69) is 10.3 Å². The fourth-order valence-electron chi connectivity index (χ4n) is 2.52. The van der Waals surface area contributed by atoms with E-state index in [-0.39, 0.29) is 6.10 Å². The number of anilines is 1. The van der Waals surface area contributed by atoms with E-state index in [0.29, 0.717) is 12.1 Å². The first-order valence-corrected chi connectivity index (χ1v) is 8.08. The molecule has 0 bridgehead atoms. The van der Waals surface area contributed by atoms with Crippen LogP contribution in [-0.4, -0.2) is 22.7 Å². The number of aromatic nitrogens is 1. The van der Waals surface area contributed by atoms with Crippen molar-refractivity contribution < 1.29 is 14.6 Å². The summed E-state index contributed by atoms with van der Waals surface area (Å²) in [7, 11) is 0. The number of aromatic carboxylic acids is 1. The van der Waals surface area contributed by atoms with Gasteiger partial charge in [0.15, 0.2) is 0 Å². The lowest BCUT2D eigenvalue weighted by molar-refractivity contribution is 0.0697. The van der Waals surface area contributed by atoms with Gasteiger partial charge in [0.2, 0.25) is 0 Å². The summed E-state index contributed by atoms with van der Waals surface area (Å²) in [5, 5.41) is 13.4. The first kappa shape index (κ1) is 15.0. The van der Waals surface area contributed by atoms with E-state index >= 15 is 0 Å². The zero-order chi connectivity index (χ0) is 15.5. The minimum Gasteiger partial charge on any atom is -0.478 e. The first-order valence-electron chi connectivity index (χ1n) is 7.27. The standard InChI is InChI=1S/C16H18N2O3S/c1-10-5-11(16(19)20)7-12(6-10)17-8-13-9-18-15(22-13)14-3-2-4-21-14/h5-7,9,14,17H,2-4,8H2,1H3,(H,19,20). The smallest absolute Gasteiger partial charge is 0.335 e. The van der Waals surface area contributed by atoms with Crippen LogP contribution >= 0.6 is 11.3 Å². The Bertz CT molecular complexity index is 678. The molecule has 0 saturated carbocycles. The highest BCUT2D eigenvalue weighted by Crippen LogP contribution is 2.31. The van der Waals surface area contributed by atoms with E-state index in [4.69, 9.17) is 9.84 Å². The second kappa shape index (κ2) is 6.46. The van der Waals surface area contributed by atoms with E-state index < -0.39 is 5.97 Å². The van der Waals surface area contributed by atoms with Crippen molar-refractivity contribution in [1.29, 1.82) is 0 Å². The molecule has 22 heavy (non-hydrogen) atoms. The van der Waals surface area contributed by atoms with Crippen molar-refractivity contribution in [2.75, 3.05) is 11.9 Å². The summed E-state index contributed by atoms with van der Waals surface area (Å²) >= 11 is 1.65. The van der Waals surface area contributed by atoms with E-state index in [1.54, 1.807) is 23.5 Å². The third-order valence-corrected chi connectivity index (χ3v) is 4.66. The van der Waals surface area contributed by atoms with Crippen LogP contribution in [0, 0.1) is 6.92 Å². The zero-order valence-corrected chi connectivity index (χ0v) is 13.2. The molecule has 1 aromatic heterocycles. The van der Waals surface area contributed by atoms with Crippen molar-refractivity contribution in [3.8, 4) is 0 Å². The van der Waals surface area contributed by atoms with Gasteiger partial charge >= 0.3 is 5.97 Å². The molecule has 1 unspecified atom stereocenters. The topological polar surface area (TPSA) is 71.5 Å². The number of carboxylic acids is 1. The molecule has 1 aliphatic heterocycles. The molecular weight excluding hydrogens is 300 g/mol. The molecule has 0 amide bonds. The number of rotatable bonds is 5. The summed E-state index contributed by atoms with van der Waals surface area (Å²) in [4.78, 5) is 16.6. The largest absolute Gasteiger partial charge is 0.478 e. The Balaban J connectivity index is 1.66. The van der Waals surface area contributed by atoms with Gasteiger partial charge in [-0.25, -0.2) is 9.78 Å². The summed E-state index contributed by atoms with van der Waals surface area (Å²) in [5.74, 6) is -0.912. The van der Waals surface area contributed by atoms with Crippen LogP contribution in [0.15, 0.2) is 24.4 Å². The van der Waals surface area contributed by atoms with Crippen LogP contribution in [0.1, 0.15) is 44.8 Å². The van der Waals surface area contributed by atoms with Gasteiger partial charge in [0.05, 0.1) is 12.1 Å². The van der Waals surface area contributed by atoms with Gasteiger partial charge in [0.1, 0.15) is 11.1 Å². The normalized spacial score (nSPS) is 17.6. The van der Waals surface area contributed by atoms with Gasteiger partial charge in [-0.1, -0.05) is 0 Å². The maximum atomic E-state index is 11.1. The number of ether oxygens (including phenoxy) is 1. The second-order valence-corrected chi connectivity index (χ2v) is 6.56. The van der Waals surface area contributed by atoms with Gasteiger partial charge < -0.3 is 15.2 Å². The van der Waals surface area contributed by atoms with Crippen LogP contribution < -0.4 is 5.32 Å². The predicted molar refractivity (Wildman–Crippen MR) is 85.5 cm³/mol. The van der Waals surface area contributed by atoms with Gasteiger partial charge in [-0.3, -0.25) is 0 Å². The second-order valence-electron chi connectivity index (χ2n) is 5.41. The van der Waals surface area contributed by atoms with Gasteiger partial charge in [0.25, 0.3) is 0 Å². The van der Waals surface area contributed by atoms with Crippen LogP contribution in [0.2, 0.25) is 0 Å². The predicted octanol–water partition coefficient (Wildman–Crippen LogP) is 3.61. The quantitative estimate of drug-likeness (QED) is 0.881. The lowest BCUT2D eigenvalue weighted by Crippen LogP contribution is -2.02. The lowest BCUT2D eigenvalue weighted by Gasteiger charge is -2.07. The van der Waals surface area contributed by atoms with Crippen molar-refractivity contribution in [2.45, 2.75) is 32.4 Å². The third-order valence-electron chi connectivity index (χ3n) is 3.57. The van der Waals surface area contributed by atoms with Gasteiger partial charge in [-0.15, -0.1) is 11.3 Å². The fourth-order valence-corrected chi connectivity index (χ4v) is 3.46. The minimum atomic E-state index is -0.912. The first-order chi connectivity index (χ1) is 10.6. The molecule has 1 fully saturated rings. The van der Waals surface area contributed by atoms with Crippen molar-refractivity contribution in [3.05, 3.63) is 45.4 Å². The molecule has 5 nitrogen and oxygen atoms in total. The van der Waals surface area contributed by atoms with Gasteiger partial charge in [-0.2, -0.15) is 0 Å². The number of thiazole rings is 1. The van der Waals surface area contributed by atoms with Crippen molar-refractivity contribution in [2.24, 2.45) is 0 Å². The number of hydrogen-bond acceptors (Lipinski definition) is 5. The molecule has 2 N–H and O–H groups in total. The summed E-state index contributed by atoms with van der Waals surface area (Å²) in [5.41, 5.74) is 2.03.